The van der Waals surface area contributed by atoms with Gasteiger partial charge in [-0.15, -0.1) is 0 Å². The van der Waals surface area contributed by atoms with Crippen molar-refractivity contribution in [1.29, 1.82) is 0 Å². The summed E-state index contributed by atoms with van der Waals surface area (Å²) in [5.74, 6) is -1.56. The Morgan fingerprint density at radius 1 is 0.935 bits per heavy atom. The lowest BCUT2D eigenvalue weighted by atomic mass is 9.88. The molecule has 0 aliphatic heterocycles. The van der Waals surface area contributed by atoms with E-state index >= 15 is 0 Å². The van der Waals surface area contributed by atoms with Crippen LogP contribution < -0.4 is 4.74 Å². The zero-order valence-corrected chi connectivity index (χ0v) is 17.3. The first-order valence-electron chi connectivity index (χ1n) is 10.5. The highest BCUT2D eigenvalue weighted by molar-refractivity contribution is 5.71. The molecule has 0 spiro atoms. The van der Waals surface area contributed by atoms with E-state index in [-0.39, 0.29) is 19.1 Å². The van der Waals surface area contributed by atoms with E-state index in [2.05, 4.69) is 12.1 Å². The maximum Gasteiger partial charge on any atom is 0.306 e. The van der Waals surface area contributed by atoms with E-state index in [0.29, 0.717) is 5.56 Å². The predicted octanol–water partition coefficient (Wildman–Crippen LogP) is 5.60. The minimum Gasteiger partial charge on any atom is -0.490 e. The standard InChI is InChI=1S/C26H24F2O3/c1-2-30-26(29)16-25(20-11-21(27)15-22(28)12-20)17-7-9-23(10-8-17)31-24-13-18-5-3-4-6-19(18)14-24/h3-12,15,24-25H,2,13-14,16H2,1H3. The van der Waals surface area contributed by atoms with Crippen LogP contribution in [0.2, 0.25) is 0 Å². The van der Waals surface area contributed by atoms with E-state index in [4.69, 9.17) is 9.47 Å². The van der Waals surface area contributed by atoms with Crippen LogP contribution in [0, 0.1) is 11.6 Å². The van der Waals surface area contributed by atoms with Crippen molar-refractivity contribution in [1.82, 2.24) is 0 Å². The predicted molar refractivity (Wildman–Crippen MR) is 114 cm³/mol. The van der Waals surface area contributed by atoms with Crippen LogP contribution in [-0.4, -0.2) is 18.7 Å². The minimum atomic E-state index is -0.676. The molecule has 1 unspecified atom stereocenters. The average Bonchev–Trinajstić information content (AvgIpc) is 3.14. The summed E-state index contributed by atoms with van der Waals surface area (Å²) in [5, 5.41) is 0. The smallest absolute Gasteiger partial charge is 0.306 e. The molecule has 0 radical (unpaired) electrons. The first kappa shape index (κ1) is 21.0. The monoisotopic (exact) mass is 422 g/mol. The quantitative estimate of drug-likeness (QED) is 0.465. The highest BCUT2D eigenvalue weighted by Gasteiger charge is 2.23. The molecule has 0 amide bonds. The van der Waals surface area contributed by atoms with E-state index in [1.54, 1.807) is 6.92 Å². The highest BCUT2D eigenvalue weighted by Crippen LogP contribution is 2.32. The van der Waals surface area contributed by atoms with Gasteiger partial charge in [0.25, 0.3) is 0 Å². The summed E-state index contributed by atoms with van der Waals surface area (Å²) in [5.41, 5.74) is 3.78. The van der Waals surface area contributed by atoms with Gasteiger partial charge in [0.1, 0.15) is 23.5 Å². The SMILES string of the molecule is CCOC(=O)CC(c1ccc(OC2Cc3ccccc3C2)cc1)c1cc(F)cc(F)c1. The maximum absolute atomic E-state index is 13.8. The Balaban J connectivity index is 1.52. The van der Waals surface area contributed by atoms with Crippen LogP contribution in [0.4, 0.5) is 8.78 Å². The molecule has 1 aliphatic rings. The van der Waals surface area contributed by atoms with Crippen LogP contribution in [0.5, 0.6) is 5.75 Å². The number of hydrogen-bond donors (Lipinski definition) is 0. The van der Waals surface area contributed by atoms with Crippen molar-refractivity contribution >= 4 is 5.97 Å². The Morgan fingerprint density at radius 3 is 2.13 bits per heavy atom. The lowest BCUT2D eigenvalue weighted by molar-refractivity contribution is -0.143. The van der Waals surface area contributed by atoms with Crippen molar-refractivity contribution in [3.63, 3.8) is 0 Å². The number of rotatable bonds is 7. The van der Waals surface area contributed by atoms with Gasteiger partial charge < -0.3 is 9.47 Å². The fraction of sp³-hybridized carbons (Fsp3) is 0.269. The third-order valence-electron chi connectivity index (χ3n) is 5.56. The zero-order chi connectivity index (χ0) is 21.8. The van der Waals surface area contributed by atoms with Gasteiger partial charge in [-0.1, -0.05) is 36.4 Å². The Bertz CT molecular complexity index is 1020. The lowest BCUT2D eigenvalue weighted by Gasteiger charge is -2.19. The molecular formula is C26H24F2O3. The summed E-state index contributed by atoms with van der Waals surface area (Å²) in [4.78, 5) is 12.1. The molecule has 0 saturated carbocycles. The summed E-state index contributed by atoms with van der Waals surface area (Å²) in [6, 6.07) is 19.0. The molecule has 4 rings (SSSR count). The fourth-order valence-corrected chi connectivity index (χ4v) is 4.16. The molecule has 0 fully saturated rings. The second kappa shape index (κ2) is 9.29. The third-order valence-corrected chi connectivity index (χ3v) is 5.56. The van der Waals surface area contributed by atoms with Crippen molar-refractivity contribution in [2.45, 2.75) is 38.2 Å². The first-order valence-corrected chi connectivity index (χ1v) is 10.5. The molecule has 0 bridgehead atoms. The molecule has 160 valence electrons. The highest BCUT2D eigenvalue weighted by atomic mass is 19.1. The number of carbonyl (C=O) groups excluding carboxylic acids is 1. The summed E-state index contributed by atoms with van der Waals surface area (Å²) >= 11 is 0. The molecule has 0 saturated heterocycles. The molecule has 0 N–H and O–H groups in total. The topological polar surface area (TPSA) is 35.5 Å². The second-order valence-corrected chi connectivity index (χ2v) is 7.75. The summed E-state index contributed by atoms with van der Waals surface area (Å²) in [7, 11) is 0. The van der Waals surface area contributed by atoms with Gasteiger partial charge in [0, 0.05) is 24.8 Å². The van der Waals surface area contributed by atoms with Gasteiger partial charge in [-0.2, -0.15) is 0 Å². The van der Waals surface area contributed by atoms with Gasteiger partial charge >= 0.3 is 5.97 Å². The van der Waals surface area contributed by atoms with Crippen LogP contribution >= 0.6 is 0 Å². The van der Waals surface area contributed by atoms with Crippen LogP contribution in [0.15, 0.2) is 66.7 Å². The molecule has 3 aromatic carbocycles. The molecule has 3 aromatic rings. The number of halogens is 2. The molecule has 3 nitrogen and oxygen atoms in total. The molecule has 0 aromatic heterocycles. The average molecular weight is 422 g/mol. The Hall–Kier alpha value is -3.21. The molecule has 0 heterocycles. The van der Waals surface area contributed by atoms with E-state index in [0.717, 1.165) is 30.2 Å². The number of fused-ring (bicyclic) bond motifs is 1. The molecule has 1 aliphatic carbocycles. The van der Waals surface area contributed by atoms with E-state index < -0.39 is 23.5 Å². The summed E-state index contributed by atoms with van der Waals surface area (Å²) in [6.45, 7) is 1.97. The van der Waals surface area contributed by atoms with Crippen molar-refractivity contribution in [2.75, 3.05) is 6.61 Å². The second-order valence-electron chi connectivity index (χ2n) is 7.75. The van der Waals surface area contributed by atoms with Crippen LogP contribution in [0.3, 0.4) is 0 Å². The number of esters is 1. The Kier molecular flexibility index (Phi) is 6.31. The van der Waals surface area contributed by atoms with E-state index in [1.165, 1.54) is 23.3 Å². The van der Waals surface area contributed by atoms with Crippen molar-refractivity contribution < 1.29 is 23.0 Å². The largest absolute Gasteiger partial charge is 0.490 e. The van der Waals surface area contributed by atoms with Gasteiger partial charge in [-0.25, -0.2) is 8.78 Å². The molecule has 5 heteroatoms. The fourth-order valence-electron chi connectivity index (χ4n) is 4.16. The number of hydrogen-bond acceptors (Lipinski definition) is 3. The van der Waals surface area contributed by atoms with Crippen LogP contribution in [0.1, 0.15) is 41.5 Å². The lowest BCUT2D eigenvalue weighted by Crippen LogP contribution is -2.16. The first-order chi connectivity index (χ1) is 15.0. The number of ether oxygens (including phenoxy) is 2. The van der Waals surface area contributed by atoms with Gasteiger partial charge in [0.05, 0.1) is 13.0 Å². The number of benzene rings is 3. The molecular weight excluding hydrogens is 398 g/mol. The van der Waals surface area contributed by atoms with Gasteiger partial charge in [-0.3, -0.25) is 4.79 Å². The van der Waals surface area contributed by atoms with Gasteiger partial charge in [0.2, 0.25) is 0 Å². The normalized spacial score (nSPS) is 14.2. The molecule has 1 atom stereocenters. The summed E-state index contributed by atoms with van der Waals surface area (Å²) in [6.07, 6.45) is 1.81. The third kappa shape index (κ3) is 5.10. The van der Waals surface area contributed by atoms with Crippen molar-refractivity contribution in [3.8, 4) is 5.75 Å². The van der Waals surface area contributed by atoms with Crippen molar-refractivity contribution in [2.24, 2.45) is 0 Å². The Labute approximate surface area is 180 Å². The van der Waals surface area contributed by atoms with E-state index in [1.807, 2.05) is 36.4 Å². The minimum absolute atomic E-state index is 0.00509. The van der Waals surface area contributed by atoms with Crippen LogP contribution in [-0.2, 0) is 22.4 Å². The maximum atomic E-state index is 13.8. The van der Waals surface area contributed by atoms with Gasteiger partial charge in [-0.05, 0) is 53.4 Å². The van der Waals surface area contributed by atoms with Gasteiger partial charge in [0.15, 0.2) is 0 Å². The Morgan fingerprint density at radius 2 is 1.55 bits per heavy atom. The zero-order valence-electron chi connectivity index (χ0n) is 17.3. The number of carbonyl (C=O) groups is 1. The van der Waals surface area contributed by atoms with Crippen LogP contribution in [0.25, 0.3) is 0 Å². The van der Waals surface area contributed by atoms with Crippen molar-refractivity contribution in [3.05, 3.63) is 101 Å². The summed E-state index contributed by atoms with van der Waals surface area (Å²) < 4.78 is 38.8. The molecule has 31 heavy (non-hydrogen) atoms. The van der Waals surface area contributed by atoms with E-state index in [9.17, 15) is 13.6 Å².